The smallest absolute Gasteiger partial charge is 0.226 e. The van der Waals surface area contributed by atoms with Crippen molar-refractivity contribution in [1.82, 2.24) is 19.7 Å². The lowest BCUT2D eigenvalue weighted by molar-refractivity contribution is -0.118. The minimum absolute atomic E-state index is 0.107. The van der Waals surface area contributed by atoms with Gasteiger partial charge in [0.05, 0.1) is 7.11 Å². The van der Waals surface area contributed by atoms with Crippen LogP contribution in [0.5, 0.6) is 5.75 Å². The number of Topliss-reactive ketones (excluding diaryl/α,β-unsaturated/α-hetero) is 1. The van der Waals surface area contributed by atoms with E-state index in [2.05, 4.69) is 24.1 Å². The normalized spacial score (nSPS) is 19.7. The maximum Gasteiger partial charge on any atom is 0.226 e. The summed E-state index contributed by atoms with van der Waals surface area (Å²) in [5, 5.41) is 8.19. The van der Waals surface area contributed by atoms with E-state index >= 15 is 0 Å². The number of pyridine rings is 1. The molecule has 0 amide bonds. The van der Waals surface area contributed by atoms with E-state index in [9.17, 15) is 4.79 Å². The number of para-hydroxylation sites is 1. The summed E-state index contributed by atoms with van der Waals surface area (Å²) in [5.41, 5.74) is 3.34. The summed E-state index contributed by atoms with van der Waals surface area (Å²) >= 11 is 0. The van der Waals surface area contributed by atoms with E-state index in [-0.39, 0.29) is 17.2 Å². The number of fused-ring (bicyclic) bond motifs is 1. The lowest BCUT2D eigenvalue weighted by atomic mass is 9.73. The molecule has 7 nitrogen and oxygen atoms in total. The third kappa shape index (κ3) is 2.98. The van der Waals surface area contributed by atoms with Gasteiger partial charge in [0.1, 0.15) is 11.8 Å². The van der Waals surface area contributed by atoms with Crippen molar-refractivity contribution < 1.29 is 9.53 Å². The van der Waals surface area contributed by atoms with Crippen molar-refractivity contribution in [3.05, 3.63) is 65.6 Å². The van der Waals surface area contributed by atoms with Gasteiger partial charge >= 0.3 is 0 Å². The SMILES string of the molecule is COc1ccccc1[C@@H]1C2=C(CC(C)(C)CC2=O)Nc2nc(-c3ccncc3)nn21. The van der Waals surface area contributed by atoms with Gasteiger partial charge in [0, 0.05) is 41.2 Å². The zero-order valence-corrected chi connectivity index (χ0v) is 17.2. The van der Waals surface area contributed by atoms with Gasteiger partial charge in [-0.15, -0.1) is 5.10 Å². The quantitative estimate of drug-likeness (QED) is 0.714. The highest BCUT2D eigenvalue weighted by Gasteiger charge is 2.42. The topological polar surface area (TPSA) is 81.9 Å². The molecule has 0 saturated heterocycles. The van der Waals surface area contributed by atoms with Crippen molar-refractivity contribution in [3.8, 4) is 17.1 Å². The molecule has 0 bridgehead atoms. The number of aromatic nitrogens is 4. The Hall–Kier alpha value is -3.48. The summed E-state index contributed by atoms with van der Waals surface area (Å²) in [6.07, 6.45) is 4.71. The van der Waals surface area contributed by atoms with Crippen LogP contribution < -0.4 is 10.1 Å². The molecule has 0 saturated carbocycles. The number of anilines is 1. The van der Waals surface area contributed by atoms with E-state index in [1.54, 1.807) is 19.5 Å². The van der Waals surface area contributed by atoms with E-state index in [1.165, 1.54) is 0 Å². The molecule has 1 aromatic carbocycles. The highest BCUT2D eigenvalue weighted by molar-refractivity contribution is 6.00. The Morgan fingerprint density at radius 2 is 1.90 bits per heavy atom. The van der Waals surface area contributed by atoms with Crippen LogP contribution in [0.2, 0.25) is 0 Å². The molecular weight excluding hydrogens is 378 g/mol. The number of allylic oxidation sites excluding steroid dienone is 2. The molecule has 0 spiro atoms. The standard InChI is InChI=1S/C23H23N5O2/c1-23(2)12-16-19(17(29)13-23)20(15-6-4-5-7-18(15)30-3)28-22(25-16)26-21(27-28)14-8-10-24-11-9-14/h4-11,20H,12-13H2,1-3H3,(H,25,26,27)/t20-/m1/s1. The third-order valence-electron chi connectivity index (χ3n) is 5.70. The molecule has 2 aromatic heterocycles. The van der Waals surface area contributed by atoms with Gasteiger partial charge in [0.15, 0.2) is 11.6 Å². The molecule has 7 heteroatoms. The Labute approximate surface area is 174 Å². The summed E-state index contributed by atoms with van der Waals surface area (Å²) in [4.78, 5) is 22.1. The molecule has 3 aromatic rings. The van der Waals surface area contributed by atoms with Crippen LogP contribution in [-0.4, -0.2) is 32.6 Å². The maximum atomic E-state index is 13.3. The van der Waals surface area contributed by atoms with Crippen molar-refractivity contribution in [1.29, 1.82) is 0 Å². The predicted octanol–water partition coefficient (Wildman–Crippen LogP) is 4.01. The Bertz CT molecular complexity index is 1160. The van der Waals surface area contributed by atoms with Crippen LogP contribution in [-0.2, 0) is 4.79 Å². The largest absolute Gasteiger partial charge is 0.496 e. The average Bonchev–Trinajstić information content (AvgIpc) is 3.15. The van der Waals surface area contributed by atoms with Crippen LogP contribution in [0.3, 0.4) is 0 Å². The molecule has 2 aliphatic rings. The number of carbonyl (C=O) groups excluding carboxylic acids is 1. The number of hydrogen-bond donors (Lipinski definition) is 1. The van der Waals surface area contributed by atoms with Crippen molar-refractivity contribution in [3.63, 3.8) is 0 Å². The Kier molecular flexibility index (Phi) is 4.20. The molecule has 0 radical (unpaired) electrons. The van der Waals surface area contributed by atoms with Gasteiger partial charge in [-0.3, -0.25) is 9.78 Å². The molecule has 1 N–H and O–H groups in total. The zero-order chi connectivity index (χ0) is 20.9. The number of benzene rings is 1. The number of methoxy groups -OCH3 is 1. The van der Waals surface area contributed by atoms with Gasteiger partial charge in [0.2, 0.25) is 5.95 Å². The van der Waals surface area contributed by atoms with Gasteiger partial charge in [-0.2, -0.15) is 4.98 Å². The van der Waals surface area contributed by atoms with Crippen LogP contribution in [0, 0.1) is 5.41 Å². The fourth-order valence-electron chi connectivity index (χ4n) is 4.41. The van der Waals surface area contributed by atoms with Gasteiger partial charge in [-0.05, 0) is 30.0 Å². The van der Waals surface area contributed by atoms with Gasteiger partial charge in [-0.25, -0.2) is 4.68 Å². The van der Waals surface area contributed by atoms with Crippen LogP contribution in [0.1, 0.15) is 38.3 Å². The molecule has 0 unspecified atom stereocenters. The fourth-order valence-corrected chi connectivity index (χ4v) is 4.41. The van der Waals surface area contributed by atoms with E-state index in [0.717, 1.165) is 34.6 Å². The average molecular weight is 401 g/mol. The Morgan fingerprint density at radius 1 is 1.13 bits per heavy atom. The predicted molar refractivity (Wildman–Crippen MR) is 113 cm³/mol. The first-order valence-electron chi connectivity index (χ1n) is 10.00. The highest BCUT2D eigenvalue weighted by atomic mass is 16.5. The van der Waals surface area contributed by atoms with Crippen molar-refractivity contribution in [2.75, 3.05) is 12.4 Å². The molecule has 1 aliphatic carbocycles. The second-order valence-corrected chi connectivity index (χ2v) is 8.54. The van der Waals surface area contributed by atoms with E-state index in [1.807, 2.05) is 41.1 Å². The van der Waals surface area contributed by atoms with Crippen LogP contribution in [0.15, 0.2) is 60.1 Å². The molecule has 5 rings (SSSR count). The lowest BCUT2D eigenvalue weighted by Crippen LogP contribution is -2.36. The minimum Gasteiger partial charge on any atom is -0.496 e. The molecule has 3 heterocycles. The molecule has 0 fully saturated rings. The third-order valence-corrected chi connectivity index (χ3v) is 5.70. The number of hydrogen-bond acceptors (Lipinski definition) is 6. The second kappa shape index (κ2) is 6.79. The van der Waals surface area contributed by atoms with Gasteiger partial charge < -0.3 is 10.1 Å². The first kappa shape index (κ1) is 18.5. The summed E-state index contributed by atoms with van der Waals surface area (Å²) in [7, 11) is 1.64. The van der Waals surface area contributed by atoms with Crippen LogP contribution in [0.25, 0.3) is 11.4 Å². The number of carbonyl (C=O) groups is 1. The zero-order valence-electron chi connectivity index (χ0n) is 17.2. The Morgan fingerprint density at radius 3 is 2.67 bits per heavy atom. The molecule has 1 atom stereocenters. The number of ketones is 1. The number of nitrogens with zero attached hydrogens (tertiary/aromatic N) is 4. The first-order valence-corrected chi connectivity index (χ1v) is 10.00. The molecule has 30 heavy (non-hydrogen) atoms. The molecule has 1 aliphatic heterocycles. The summed E-state index contributed by atoms with van der Waals surface area (Å²) in [6, 6.07) is 11.1. The van der Waals surface area contributed by atoms with Crippen molar-refractivity contribution in [2.45, 2.75) is 32.7 Å². The number of nitrogens with one attached hydrogen (secondary N) is 1. The summed E-state index contributed by atoms with van der Waals surface area (Å²) in [6.45, 7) is 4.24. The fraction of sp³-hybridized carbons (Fsp3) is 0.304. The van der Waals surface area contributed by atoms with Gasteiger partial charge in [-0.1, -0.05) is 32.0 Å². The van der Waals surface area contributed by atoms with E-state index < -0.39 is 0 Å². The van der Waals surface area contributed by atoms with E-state index in [0.29, 0.717) is 18.2 Å². The van der Waals surface area contributed by atoms with Crippen molar-refractivity contribution >= 4 is 11.7 Å². The summed E-state index contributed by atoms with van der Waals surface area (Å²) < 4.78 is 7.45. The monoisotopic (exact) mass is 401 g/mol. The van der Waals surface area contributed by atoms with Crippen LogP contribution in [0.4, 0.5) is 5.95 Å². The highest BCUT2D eigenvalue weighted by Crippen LogP contribution is 2.47. The minimum atomic E-state index is -0.390. The number of ether oxygens (including phenoxy) is 1. The Balaban J connectivity index is 1.72. The van der Waals surface area contributed by atoms with Gasteiger partial charge in [0.25, 0.3) is 0 Å². The van der Waals surface area contributed by atoms with Crippen LogP contribution >= 0.6 is 0 Å². The summed E-state index contributed by atoms with van der Waals surface area (Å²) in [5.74, 6) is 2.07. The maximum absolute atomic E-state index is 13.3. The first-order chi connectivity index (χ1) is 14.5. The molecular formula is C23H23N5O2. The number of rotatable bonds is 3. The lowest BCUT2D eigenvalue weighted by Gasteiger charge is -2.38. The van der Waals surface area contributed by atoms with Crippen molar-refractivity contribution in [2.24, 2.45) is 5.41 Å². The second-order valence-electron chi connectivity index (χ2n) is 8.54. The molecule has 152 valence electrons. The van der Waals surface area contributed by atoms with E-state index in [4.69, 9.17) is 14.8 Å².